The summed E-state index contributed by atoms with van der Waals surface area (Å²) in [6.07, 6.45) is 3.68. The molecule has 0 amide bonds. The number of Topliss-reactive ketones (excluding diaryl/α,β-unsaturated/α-hetero) is 1. The van der Waals surface area contributed by atoms with E-state index in [0.717, 1.165) is 24.2 Å². The van der Waals surface area contributed by atoms with Gasteiger partial charge in [0.25, 0.3) is 0 Å². The van der Waals surface area contributed by atoms with Crippen molar-refractivity contribution >= 4 is 5.78 Å². The second-order valence-corrected chi connectivity index (χ2v) is 7.57. The first-order valence-electron chi connectivity index (χ1n) is 10.3. The Hall–Kier alpha value is -2.71. The van der Waals surface area contributed by atoms with Gasteiger partial charge in [-0.2, -0.15) is 0 Å². The number of nitrogens with zero attached hydrogens (tertiary/aromatic N) is 1. The van der Waals surface area contributed by atoms with E-state index in [1.54, 1.807) is 0 Å². The van der Waals surface area contributed by atoms with Crippen LogP contribution in [0.2, 0.25) is 0 Å². The summed E-state index contributed by atoms with van der Waals surface area (Å²) in [7, 11) is 0. The Morgan fingerprint density at radius 2 is 1.14 bits per heavy atom. The molecule has 4 rings (SSSR count). The van der Waals surface area contributed by atoms with Crippen LogP contribution >= 0.6 is 0 Å². The minimum atomic E-state index is -0.218. The molecule has 28 heavy (non-hydrogen) atoms. The average Bonchev–Trinajstić information content (AvgIpc) is 2.79. The fourth-order valence-corrected chi connectivity index (χ4v) is 4.38. The van der Waals surface area contributed by atoms with Crippen molar-refractivity contribution in [3.05, 3.63) is 108 Å². The second-order valence-electron chi connectivity index (χ2n) is 7.57. The van der Waals surface area contributed by atoms with E-state index in [1.807, 2.05) is 54.6 Å². The highest BCUT2D eigenvalue weighted by molar-refractivity contribution is 6.01. The van der Waals surface area contributed by atoms with Crippen LogP contribution in [0.15, 0.2) is 91.0 Å². The molecular weight excluding hydrogens is 342 g/mol. The zero-order valence-electron chi connectivity index (χ0n) is 16.2. The molecule has 3 aromatic carbocycles. The maximum Gasteiger partial charge on any atom is 0.172 e. The van der Waals surface area contributed by atoms with Crippen molar-refractivity contribution in [1.29, 1.82) is 0 Å². The van der Waals surface area contributed by atoms with Crippen molar-refractivity contribution in [2.45, 2.75) is 31.2 Å². The number of likely N-dealkylation sites (tertiary alicyclic amines) is 1. The van der Waals surface area contributed by atoms with Gasteiger partial charge >= 0.3 is 0 Å². The van der Waals surface area contributed by atoms with Crippen molar-refractivity contribution in [2.24, 2.45) is 0 Å². The highest BCUT2D eigenvalue weighted by atomic mass is 16.1. The van der Waals surface area contributed by atoms with Gasteiger partial charge in [-0.3, -0.25) is 9.69 Å². The molecular formula is C26H27NO. The minimum absolute atomic E-state index is 0.0524. The van der Waals surface area contributed by atoms with E-state index in [2.05, 4.69) is 41.3 Å². The summed E-state index contributed by atoms with van der Waals surface area (Å²) in [6, 6.07) is 30.7. The van der Waals surface area contributed by atoms with E-state index < -0.39 is 0 Å². The molecule has 2 nitrogen and oxygen atoms in total. The predicted molar refractivity (Wildman–Crippen MR) is 115 cm³/mol. The van der Waals surface area contributed by atoms with Gasteiger partial charge in [0.15, 0.2) is 5.78 Å². The van der Waals surface area contributed by atoms with Crippen LogP contribution in [0, 0.1) is 0 Å². The number of hydrogen-bond donors (Lipinski definition) is 0. The van der Waals surface area contributed by atoms with Gasteiger partial charge < -0.3 is 0 Å². The summed E-state index contributed by atoms with van der Waals surface area (Å²) in [6.45, 7) is 2.09. The fraction of sp³-hybridized carbons (Fsp3) is 0.269. The molecule has 0 aromatic heterocycles. The summed E-state index contributed by atoms with van der Waals surface area (Å²) < 4.78 is 0. The summed E-state index contributed by atoms with van der Waals surface area (Å²) in [5, 5.41) is 0. The molecule has 0 N–H and O–H groups in total. The summed E-state index contributed by atoms with van der Waals surface area (Å²) in [4.78, 5) is 16.3. The van der Waals surface area contributed by atoms with Crippen LogP contribution in [0.4, 0.5) is 0 Å². The van der Waals surface area contributed by atoms with E-state index in [4.69, 9.17) is 0 Å². The van der Waals surface area contributed by atoms with Gasteiger partial charge in [0.2, 0.25) is 0 Å². The molecule has 0 radical (unpaired) electrons. The zero-order valence-corrected chi connectivity index (χ0v) is 16.2. The topological polar surface area (TPSA) is 20.3 Å². The monoisotopic (exact) mass is 369 g/mol. The van der Waals surface area contributed by atoms with Crippen LogP contribution < -0.4 is 0 Å². The molecule has 142 valence electrons. The van der Waals surface area contributed by atoms with Crippen LogP contribution in [0.25, 0.3) is 0 Å². The van der Waals surface area contributed by atoms with Gasteiger partial charge in [-0.15, -0.1) is 0 Å². The Labute approximate surface area is 167 Å². The number of hydrogen-bond acceptors (Lipinski definition) is 2. The van der Waals surface area contributed by atoms with Crippen molar-refractivity contribution in [3.8, 4) is 0 Å². The number of carbonyl (C=O) groups is 1. The quantitative estimate of drug-likeness (QED) is 0.506. The molecule has 0 spiro atoms. The number of ketones is 1. The SMILES string of the molecule is O=C(c1ccccc1)C(c1ccccc1)C(c1ccccc1)N1CCCCC1. The van der Waals surface area contributed by atoms with Crippen LogP contribution in [0.3, 0.4) is 0 Å². The normalized spacial score (nSPS) is 17.0. The molecule has 0 saturated carbocycles. The Morgan fingerprint density at radius 3 is 1.71 bits per heavy atom. The first-order chi connectivity index (χ1) is 13.8. The number of benzene rings is 3. The highest BCUT2D eigenvalue weighted by Crippen LogP contribution is 2.39. The molecule has 0 aliphatic carbocycles. The Kier molecular flexibility index (Phi) is 5.98. The van der Waals surface area contributed by atoms with E-state index in [-0.39, 0.29) is 17.7 Å². The first kappa shape index (κ1) is 18.6. The molecule has 1 aliphatic rings. The standard InChI is InChI=1S/C26H27NO/c28-26(23-17-9-3-10-18-23)24(21-13-5-1-6-14-21)25(22-15-7-2-8-16-22)27-19-11-4-12-20-27/h1-3,5-10,13-18,24-25H,4,11-12,19-20H2. The van der Waals surface area contributed by atoms with Gasteiger partial charge in [0.1, 0.15) is 0 Å². The smallest absolute Gasteiger partial charge is 0.172 e. The van der Waals surface area contributed by atoms with Crippen molar-refractivity contribution < 1.29 is 4.79 Å². The first-order valence-corrected chi connectivity index (χ1v) is 10.3. The number of piperidine rings is 1. The van der Waals surface area contributed by atoms with E-state index in [9.17, 15) is 4.79 Å². The molecule has 2 unspecified atom stereocenters. The molecule has 1 fully saturated rings. The molecule has 0 bridgehead atoms. The third-order valence-corrected chi connectivity index (χ3v) is 5.74. The van der Waals surface area contributed by atoms with E-state index in [1.165, 1.54) is 24.8 Å². The Bertz CT molecular complexity index is 870. The lowest BCUT2D eigenvalue weighted by molar-refractivity contribution is 0.0835. The largest absolute Gasteiger partial charge is 0.295 e. The molecule has 2 atom stereocenters. The highest BCUT2D eigenvalue weighted by Gasteiger charge is 2.36. The van der Waals surface area contributed by atoms with Gasteiger partial charge in [-0.1, -0.05) is 97.4 Å². The number of carbonyl (C=O) groups excluding carboxylic acids is 1. The van der Waals surface area contributed by atoms with Crippen molar-refractivity contribution in [2.75, 3.05) is 13.1 Å². The summed E-state index contributed by atoms with van der Waals surface area (Å²) >= 11 is 0. The van der Waals surface area contributed by atoms with Crippen LogP contribution in [-0.2, 0) is 0 Å². The molecule has 2 heteroatoms. The third kappa shape index (κ3) is 4.07. The summed E-state index contributed by atoms with van der Waals surface area (Å²) in [5.74, 6) is -0.0182. The molecule has 1 aliphatic heterocycles. The van der Waals surface area contributed by atoms with E-state index >= 15 is 0 Å². The zero-order chi connectivity index (χ0) is 19.2. The second kappa shape index (κ2) is 8.99. The number of rotatable bonds is 6. The van der Waals surface area contributed by atoms with Crippen molar-refractivity contribution in [1.82, 2.24) is 4.90 Å². The maximum absolute atomic E-state index is 13.8. The molecule has 1 heterocycles. The predicted octanol–water partition coefficient (Wildman–Crippen LogP) is 5.88. The van der Waals surface area contributed by atoms with E-state index in [0.29, 0.717) is 0 Å². The average molecular weight is 370 g/mol. The van der Waals surface area contributed by atoms with Crippen LogP contribution in [0.1, 0.15) is 52.7 Å². The lowest BCUT2D eigenvalue weighted by Crippen LogP contribution is -2.39. The maximum atomic E-state index is 13.8. The van der Waals surface area contributed by atoms with Gasteiger partial charge in [-0.25, -0.2) is 0 Å². The fourth-order valence-electron chi connectivity index (χ4n) is 4.38. The molecule has 1 saturated heterocycles. The minimum Gasteiger partial charge on any atom is -0.295 e. The third-order valence-electron chi connectivity index (χ3n) is 5.74. The van der Waals surface area contributed by atoms with Gasteiger partial charge in [0.05, 0.1) is 5.92 Å². The van der Waals surface area contributed by atoms with Crippen LogP contribution in [-0.4, -0.2) is 23.8 Å². The summed E-state index contributed by atoms with van der Waals surface area (Å²) in [5.41, 5.74) is 3.10. The van der Waals surface area contributed by atoms with Gasteiger partial charge in [-0.05, 0) is 37.1 Å². The Morgan fingerprint density at radius 1 is 0.643 bits per heavy atom. The molecule has 3 aromatic rings. The van der Waals surface area contributed by atoms with Gasteiger partial charge in [0, 0.05) is 11.6 Å². The Balaban J connectivity index is 1.82. The van der Waals surface area contributed by atoms with Crippen LogP contribution in [0.5, 0.6) is 0 Å². The van der Waals surface area contributed by atoms with Crippen molar-refractivity contribution in [3.63, 3.8) is 0 Å². The lowest BCUT2D eigenvalue weighted by Gasteiger charge is -2.39. The lowest BCUT2D eigenvalue weighted by atomic mass is 9.80.